The number of aromatic nitrogens is 4. The standard InChI is InChI=1S/C27H26F2N6O4S/c1-40(38,39)25-24(15-8-17-4-5-18(9-15)34(17)23(37)13-36)33-27-20(12-32-35(27)26(25)30)14-2-7-22(31-11-14)19-6-3-16(28)10-21(19)29/h2-3,6-7,10-12,15,17-18,36H,4-5,8-9,13,30H2,1H3/t15?,17-,18+. The van der Waals surface area contributed by atoms with E-state index in [1.807, 2.05) is 0 Å². The van der Waals surface area contributed by atoms with Crippen LogP contribution in [0.25, 0.3) is 28.0 Å². The first-order valence-electron chi connectivity index (χ1n) is 12.8. The first-order valence-corrected chi connectivity index (χ1v) is 14.7. The Hall–Kier alpha value is -3.97. The van der Waals surface area contributed by atoms with E-state index < -0.39 is 28.1 Å². The fourth-order valence-corrected chi connectivity index (χ4v) is 7.24. The van der Waals surface area contributed by atoms with E-state index in [0.717, 1.165) is 31.2 Å². The average Bonchev–Trinajstić information content (AvgIpc) is 3.45. The Morgan fingerprint density at radius 1 is 1.10 bits per heavy atom. The second-order valence-electron chi connectivity index (χ2n) is 10.3. The molecule has 13 heteroatoms. The molecule has 0 radical (unpaired) electrons. The summed E-state index contributed by atoms with van der Waals surface area (Å²) >= 11 is 0. The number of amides is 1. The Morgan fingerprint density at radius 2 is 1.82 bits per heavy atom. The van der Waals surface area contributed by atoms with Crippen LogP contribution in [0.1, 0.15) is 37.3 Å². The lowest BCUT2D eigenvalue weighted by Gasteiger charge is -2.39. The van der Waals surface area contributed by atoms with E-state index in [9.17, 15) is 27.1 Å². The van der Waals surface area contributed by atoms with Crippen molar-refractivity contribution in [3.63, 3.8) is 0 Å². The van der Waals surface area contributed by atoms with Crippen molar-refractivity contribution >= 4 is 27.2 Å². The normalized spacial score (nSPS) is 20.8. The van der Waals surface area contributed by atoms with Crippen LogP contribution in [-0.4, -0.2) is 68.9 Å². The molecule has 6 rings (SSSR count). The smallest absolute Gasteiger partial charge is 0.248 e. The number of sulfone groups is 1. The maximum absolute atomic E-state index is 14.3. The lowest BCUT2D eigenvalue weighted by molar-refractivity contribution is -0.138. The fraction of sp³-hybridized carbons (Fsp3) is 0.333. The molecule has 4 aromatic rings. The third-order valence-corrected chi connectivity index (χ3v) is 9.02. The van der Waals surface area contributed by atoms with Gasteiger partial charge in [-0.2, -0.15) is 9.61 Å². The number of halogens is 2. The first kappa shape index (κ1) is 26.3. The van der Waals surface area contributed by atoms with E-state index in [0.29, 0.717) is 41.0 Å². The molecule has 3 aromatic heterocycles. The van der Waals surface area contributed by atoms with E-state index in [-0.39, 0.29) is 40.2 Å². The van der Waals surface area contributed by atoms with Gasteiger partial charge < -0.3 is 15.7 Å². The molecule has 0 aliphatic carbocycles. The molecule has 1 amide bonds. The number of pyridine rings is 1. The molecule has 208 valence electrons. The number of hydrogen-bond acceptors (Lipinski definition) is 8. The summed E-state index contributed by atoms with van der Waals surface area (Å²) in [6, 6.07) is 6.31. The van der Waals surface area contributed by atoms with Gasteiger partial charge in [-0.3, -0.25) is 9.78 Å². The Kier molecular flexibility index (Phi) is 6.30. The third-order valence-electron chi connectivity index (χ3n) is 7.86. The van der Waals surface area contributed by atoms with Gasteiger partial charge in [0.15, 0.2) is 15.5 Å². The number of anilines is 1. The number of nitrogen functional groups attached to an aromatic ring is 1. The maximum Gasteiger partial charge on any atom is 0.248 e. The summed E-state index contributed by atoms with van der Waals surface area (Å²) < 4.78 is 54.7. The van der Waals surface area contributed by atoms with Crippen LogP contribution in [-0.2, 0) is 14.6 Å². The van der Waals surface area contributed by atoms with Crippen molar-refractivity contribution in [1.82, 2.24) is 24.5 Å². The summed E-state index contributed by atoms with van der Waals surface area (Å²) in [6.45, 7) is -0.566. The molecule has 3 N–H and O–H groups in total. The van der Waals surface area contributed by atoms with Crippen molar-refractivity contribution in [2.75, 3.05) is 18.6 Å². The monoisotopic (exact) mass is 568 g/mol. The summed E-state index contributed by atoms with van der Waals surface area (Å²) in [6.07, 6.45) is 6.63. The average molecular weight is 569 g/mol. The van der Waals surface area contributed by atoms with Crippen molar-refractivity contribution in [3.05, 3.63) is 60.1 Å². The quantitative estimate of drug-likeness (QED) is 0.374. The lowest BCUT2D eigenvalue weighted by Crippen LogP contribution is -2.47. The summed E-state index contributed by atoms with van der Waals surface area (Å²) in [5, 5.41) is 13.7. The zero-order chi connectivity index (χ0) is 28.3. The van der Waals surface area contributed by atoms with Crippen molar-refractivity contribution < 1.29 is 27.1 Å². The van der Waals surface area contributed by atoms with Crippen LogP contribution in [0, 0.1) is 11.6 Å². The van der Waals surface area contributed by atoms with Gasteiger partial charge in [0, 0.05) is 53.2 Å². The predicted molar refractivity (Wildman–Crippen MR) is 142 cm³/mol. The summed E-state index contributed by atoms with van der Waals surface area (Å²) in [5.41, 5.74) is 8.68. The largest absolute Gasteiger partial charge is 0.387 e. The Balaban J connectivity index is 1.43. The van der Waals surface area contributed by atoms with Crippen LogP contribution in [0.4, 0.5) is 14.6 Å². The molecule has 0 spiro atoms. The number of benzene rings is 1. The zero-order valence-corrected chi connectivity index (χ0v) is 22.3. The van der Waals surface area contributed by atoms with Crippen molar-refractivity contribution in [2.24, 2.45) is 0 Å². The van der Waals surface area contributed by atoms with Crippen LogP contribution in [0.2, 0.25) is 0 Å². The maximum atomic E-state index is 14.3. The molecule has 3 atom stereocenters. The number of hydrogen-bond donors (Lipinski definition) is 2. The van der Waals surface area contributed by atoms with Gasteiger partial charge in [-0.1, -0.05) is 6.07 Å². The molecule has 1 aromatic carbocycles. The van der Waals surface area contributed by atoms with Crippen LogP contribution < -0.4 is 5.73 Å². The number of aliphatic hydroxyl groups excluding tert-OH is 1. The summed E-state index contributed by atoms with van der Waals surface area (Å²) in [5.74, 6) is -2.08. The second kappa shape index (κ2) is 9.59. The number of aliphatic hydroxyl groups is 1. The minimum Gasteiger partial charge on any atom is -0.387 e. The van der Waals surface area contributed by atoms with Gasteiger partial charge in [-0.15, -0.1) is 0 Å². The van der Waals surface area contributed by atoms with Crippen LogP contribution >= 0.6 is 0 Å². The van der Waals surface area contributed by atoms with Gasteiger partial charge in [0.25, 0.3) is 0 Å². The second-order valence-corrected chi connectivity index (χ2v) is 12.3. The van der Waals surface area contributed by atoms with E-state index in [2.05, 4.69) is 10.1 Å². The first-order chi connectivity index (χ1) is 19.1. The highest BCUT2D eigenvalue weighted by Crippen LogP contribution is 2.45. The van der Waals surface area contributed by atoms with Crippen molar-refractivity contribution in [3.8, 4) is 22.4 Å². The van der Waals surface area contributed by atoms with Crippen molar-refractivity contribution in [1.29, 1.82) is 0 Å². The SMILES string of the molecule is CS(=O)(=O)c1c(C2C[C@H]3CC[C@@H](C2)N3C(=O)CO)nc2c(-c3ccc(-c4ccc(F)cc4F)nc3)cnn2c1N. The van der Waals surface area contributed by atoms with Gasteiger partial charge in [0.1, 0.15) is 29.0 Å². The molecule has 40 heavy (non-hydrogen) atoms. The van der Waals surface area contributed by atoms with E-state index in [1.165, 1.54) is 23.0 Å². The summed E-state index contributed by atoms with van der Waals surface area (Å²) in [7, 11) is -3.80. The van der Waals surface area contributed by atoms with Gasteiger partial charge in [0.2, 0.25) is 5.91 Å². The number of nitrogens with zero attached hydrogens (tertiary/aromatic N) is 5. The molecular formula is C27H26F2N6O4S. The Bertz CT molecular complexity index is 1750. The van der Waals surface area contributed by atoms with Crippen LogP contribution in [0.5, 0.6) is 0 Å². The van der Waals surface area contributed by atoms with Crippen LogP contribution in [0.15, 0.2) is 47.6 Å². The predicted octanol–water partition coefficient (Wildman–Crippen LogP) is 2.95. The summed E-state index contributed by atoms with van der Waals surface area (Å²) in [4.78, 5) is 23.1. The van der Waals surface area contributed by atoms with Crippen molar-refractivity contribution in [2.45, 2.75) is 48.6 Å². The minimum absolute atomic E-state index is 0.0621. The molecule has 2 bridgehead atoms. The number of fused-ring (bicyclic) bond motifs is 3. The zero-order valence-electron chi connectivity index (χ0n) is 21.5. The van der Waals surface area contributed by atoms with Gasteiger partial charge in [-0.05, 0) is 43.9 Å². The topological polar surface area (TPSA) is 144 Å². The highest BCUT2D eigenvalue weighted by Gasteiger charge is 2.45. The van der Waals surface area contributed by atoms with Gasteiger partial charge in [0.05, 0.1) is 17.6 Å². The molecule has 2 saturated heterocycles. The highest BCUT2D eigenvalue weighted by molar-refractivity contribution is 7.91. The number of carbonyl (C=O) groups excluding carboxylic acids is 1. The number of piperidine rings is 1. The molecule has 5 heterocycles. The van der Waals surface area contributed by atoms with E-state index in [4.69, 9.17) is 10.7 Å². The Labute approximate surface area is 228 Å². The molecule has 10 nitrogen and oxygen atoms in total. The Morgan fingerprint density at radius 3 is 2.42 bits per heavy atom. The fourth-order valence-electron chi connectivity index (χ4n) is 6.18. The van der Waals surface area contributed by atoms with E-state index >= 15 is 0 Å². The number of nitrogens with two attached hydrogens (primary N) is 1. The van der Waals surface area contributed by atoms with Gasteiger partial charge >= 0.3 is 0 Å². The number of carbonyl (C=O) groups is 1. The third kappa shape index (κ3) is 4.29. The molecule has 0 saturated carbocycles. The molecule has 1 unspecified atom stereocenters. The van der Waals surface area contributed by atoms with Gasteiger partial charge in [-0.25, -0.2) is 22.2 Å². The molecule has 2 fully saturated rings. The number of rotatable bonds is 5. The van der Waals surface area contributed by atoms with Crippen LogP contribution in [0.3, 0.4) is 0 Å². The minimum atomic E-state index is -3.80. The van der Waals surface area contributed by atoms with E-state index in [1.54, 1.807) is 17.0 Å². The molecule has 2 aliphatic rings. The molecular weight excluding hydrogens is 542 g/mol. The lowest BCUT2D eigenvalue weighted by atomic mass is 9.87. The highest BCUT2D eigenvalue weighted by atomic mass is 32.2. The molecule has 2 aliphatic heterocycles.